The van der Waals surface area contributed by atoms with Crippen LogP contribution < -0.4 is 10.5 Å². The van der Waals surface area contributed by atoms with E-state index >= 15 is 0 Å². The molecule has 0 aliphatic carbocycles. The third-order valence-electron chi connectivity index (χ3n) is 3.69. The van der Waals surface area contributed by atoms with Gasteiger partial charge in [0.25, 0.3) is 0 Å². The largest absolute Gasteiger partial charge is 0.439 e. The molecule has 2 aromatic rings. The molecule has 112 valence electrons. The number of nitrogens with zero attached hydrogens (tertiary/aromatic N) is 2. The molecule has 5 heteroatoms. The SMILES string of the molecule is CCC(C)c1ccc(Oc2c(C(N)=S)c(C)nn2C)cc1. The number of aryl methyl sites for hydroxylation is 2. The van der Waals surface area contributed by atoms with Gasteiger partial charge in [-0.2, -0.15) is 5.10 Å². The van der Waals surface area contributed by atoms with Crippen LogP contribution in [0.4, 0.5) is 0 Å². The van der Waals surface area contributed by atoms with E-state index < -0.39 is 0 Å². The lowest BCUT2D eigenvalue weighted by Gasteiger charge is -2.11. The molecule has 4 nitrogen and oxygen atoms in total. The second kappa shape index (κ2) is 6.26. The first-order chi connectivity index (χ1) is 9.93. The van der Waals surface area contributed by atoms with Crippen LogP contribution in [-0.2, 0) is 7.05 Å². The van der Waals surface area contributed by atoms with Crippen molar-refractivity contribution in [1.82, 2.24) is 9.78 Å². The molecule has 0 aliphatic rings. The molecule has 0 spiro atoms. The molecule has 0 aliphatic heterocycles. The van der Waals surface area contributed by atoms with E-state index in [-0.39, 0.29) is 0 Å². The fourth-order valence-corrected chi connectivity index (χ4v) is 2.48. The van der Waals surface area contributed by atoms with Crippen LogP contribution in [0.5, 0.6) is 11.6 Å². The van der Waals surface area contributed by atoms with Crippen molar-refractivity contribution < 1.29 is 4.74 Å². The van der Waals surface area contributed by atoms with E-state index in [4.69, 9.17) is 22.7 Å². The molecule has 0 radical (unpaired) electrons. The Hall–Kier alpha value is -1.88. The van der Waals surface area contributed by atoms with Gasteiger partial charge in [-0.15, -0.1) is 0 Å². The molecular formula is C16H21N3OS. The average molecular weight is 303 g/mol. The van der Waals surface area contributed by atoms with Crippen LogP contribution in [0.2, 0.25) is 0 Å². The fourth-order valence-electron chi connectivity index (χ4n) is 2.25. The highest BCUT2D eigenvalue weighted by Crippen LogP contribution is 2.28. The molecule has 0 saturated carbocycles. The van der Waals surface area contributed by atoms with E-state index in [1.807, 2.05) is 26.1 Å². The molecule has 1 aromatic heterocycles. The Morgan fingerprint density at radius 1 is 1.38 bits per heavy atom. The highest BCUT2D eigenvalue weighted by Gasteiger charge is 2.17. The lowest BCUT2D eigenvalue weighted by atomic mass is 9.99. The van der Waals surface area contributed by atoms with Crippen LogP contribution in [0.3, 0.4) is 0 Å². The van der Waals surface area contributed by atoms with Crippen molar-refractivity contribution in [3.8, 4) is 11.6 Å². The van der Waals surface area contributed by atoms with E-state index in [1.54, 1.807) is 4.68 Å². The van der Waals surface area contributed by atoms with Crippen molar-refractivity contribution in [3.05, 3.63) is 41.1 Å². The van der Waals surface area contributed by atoms with Crippen molar-refractivity contribution in [2.24, 2.45) is 12.8 Å². The predicted molar refractivity (Wildman–Crippen MR) is 89.1 cm³/mol. The van der Waals surface area contributed by atoms with Crippen LogP contribution >= 0.6 is 12.2 Å². The molecule has 0 saturated heterocycles. The molecular weight excluding hydrogens is 282 g/mol. The molecule has 21 heavy (non-hydrogen) atoms. The van der Waals surface area contributed by atoms with Gasteiger partial charge in [0, 0.05) is 7.05 Å². The first kappa shape index (κ1) is 15.5. The number of rotatable bonds is 5. The second-order valence-electron chi connectivity index (χ2n) is 5.23. The Labute approximate surface area is 130 Å². The zero-order chi connectivity index (χ0) is 15.6. The first-order valence-electron chi connectivity index (χ1n) is 7.05. The van der Waals surface area contributed by atoms with Crippen LogP contribution in [0.1, 0.15) is 43.0 Å². The normalized spacial score (nSPS) is 12.2. The van der Waals surface area contributed by atoms with E-state index in [0.29, 0.717) is 22.3 Å². The van der Waals surface area contributed by atoms with E-state index in [1.165, 1.54) is 5.56 Å². The molecule has 1 aromatic carbocycles. The van der Waals surface area contributed by atoms with Gasteiger partial charge in [-0.25, -0.2) is 4.68 Å². The van der Waals surface area contributed by atoms with Gasteiger partial charge in [0.15, 0.2) is 0 Å². The molecule has 0 amide bonds. The Morgan fingerprint density at radius 2 is 2.00 bits per heavy atom. The summed E-state index contributed by atoms with van der Waals surface area (Å²) >= 11 is 5.08. The summed E-state index contributed by atoms with van der Waals surface area (Å²) < 4.78 is 7.58. The van der Waals surface area contributed by atoms with E-state index in [0.717, 1.165) is 17.9 Å². The number of aromatic nitrogens is 2. The Morgan fingerprint density at radius 3 is 2.52 bits per heavy atom. The number of hydrogen-bond donors (Lipinski definition) is 1. The smallest absolute Gasteiger partial charge is 0.228 e. The molecule has 1 atom stereocenters. The standard InChI is InChI=1S/C16H21N3OS/c1-5-10(2)12-6-8-13(9-7-12)20-16-14(15(17)21)11(3)18-19(16)4/h6-10H,5H2,1-4H3,(H2,17,21). The number of hydrogen-bond acceptors (Lipinski definition) is 3. The number of nitrogens with two attached hydrogens (primary N) is 1. The lowest BCUT2D eigenvalue weighted by molar-refractivity contribution is 0.429. The summed E-state index contributed by atoms with van der Waals surface area (Å²) in [5.74, 6) is 1.88. The summed E-state index contributed by atoms with van der Waals surface area (Å²) in [6, 6.07) is 8.11. The molecule has 2 N–H and O–H groups in total. The van der Waals surface area contributed by atoms with Gasteiger partial charge < -0.3 is 10.5 Å². The maximum absolute atomic E-state index is 5.92. The Bertz CT molecular complexity index is 646. The highest BCUT2D eigenvalue weighted by molar-refractivity contribution is 7.80. The summed E-state index contributed by atoms with van der Waals surface area (Å²) in [6.07, 6.45) is 1.12. The van der Waals surface area contributed by atoms with Crippen LogP contribution in [0.15, 0.2) is 24.3 Å². The van der Waals surface area contributed by atoms with Crippen molar-refractivity contribution >= 4 is 17.2 Å². The molecule has 1 unspecified atom stereocenters. The summed E-state index contributed by atoms with van der Waals surface area (Å²) in [5, 5.41) is 4.31. The van der Waals surface area contributed by atoms with Crippen LogP contribution in [0.25, 0.3) is 0 Å². The average Bonchev–Trinajstić information content (AvgIpc) is 2.73. The minimum atomic E-state index is 0.298. The summed E-state index contributed by atoms with van der Waals surface area (Å²) in [6.45, 7) is 6.26. The van der Waals surface area contributed by atoms with E-state index in [9.17, 15) is 0 Å². The quantitative estimate of drug-likeness (QED) is 0.856. The van der Waals surface area contributed by atoms with Gasteiger partial charge in [0.2, 0.25) is 5.88 Å². The Kier molecular flexibility index (Phi) is 4.63. The summed E-state index contributed by atoms with van der Waals surface area (Å²) in [4.78, 5) is 0.298. The zero-order valence-electron chi connectivity index (χ0n) is 12.9. The van der Waals surface area contributed by atoms with Crippen molar-refractivity contribution in [2.45, 2.75) is 33.1 Å². The zero-order valence-corrected chi connectivity index (χ0v) is 13.7. The van der Waals surface area contributed by atoms with Gasteiger partial charge in [-0.1, -0.05) is 38.2 Å². The number of ether oxygens (including phenoxy) is 1. The molecule has 0 fully saturated rings. The van der Waals surface area contributed by atoms with Crippen molar-refractivity contribution in [3.63, 3.8) is 0 Å². The second-order valence-corrected chi connectivity index (χ2v) is 5.67. The third kappa shape index (κ3) is 3.24. The fraction of sp³-hybridized carbons (Fsp3) is 0.375. The maximum atomic E-state index is 5.92. The predicted octanol–water partition coefficient (Wildman–Crippen LogP) is 3.67. The number of thiocarbonyl (C=S) groups is 1. The Balaban J connectivity index is 2.28. The maximum Gasteiger partial charge on any atom is 0.228 e. The molecule has 0 bridgehead atoms. The first-order valence-corrected chi connectivity index (χ1v) is 7.46. The number of benzene rings is 1. The van der Waals surface area contributed by atoms with Gasteiger partial charge in [-0.05, 0) is 37.0 Å². The minimum Gasteiger partial charge on any atom is -0.439 e. The summed E-state index contributed by atoms with van der Waals surface area (Å²) in [7, 11) is 1.82. The van der Waals surface area contributed by atoms with Crippen molar-refractivity contribution in [2.75, 3.05) is 0 Å². The monoisotopic (exact) mass is 303 g/mol. The third-order valence-corrected chi connectivity index (χ3v) is 3.90. The van der Waals surface area contributed by atoms with Gasteiger partial charge in [0.05, 0.1) is 11.3 Å². The molecule has 2 rings (SSSR count). The minimum absolute atomic E-state index is 0.298. The van der Waals surface area contributed by atoms with Crippen LogP contribution in [-0.4, -0.2) is 14.8 Å². The van der Waals surface area contributed by atoms with E-state index in [2.05, 4.69) is 31.1 Å². The van der Waals surface area contributed by atoms with Gasteiger partial charge in [0.1, 0.15) is 10.7 Å². The summed E-state index contributed by atoms with van der Waals surface area (Å²) in [5.41, 5.74) is 8.54. The van der Waals surface area contributed by atoms with Gasteiger partial charge in [-0.3, -0.25) is 0 Å². The molecule has 1 heterocycles. The van der Waals surface area contributed by atoms with Crippen LogP contribution in [0, 0.1) is 6.92 Å². The van der Waals surface area contributed by atoms with Crippen molar-refractivity contribution in [1.29, 1.82) is 0 Å². The topological polar surface area (TPSA) is 53.1 Å². The lowest BCUT2D eigenvalue weighted by Crippen LogP contribution is -2.11. The van der Waals surface area contributed by atoms with Gasteiger partial charge >= 0.3 is 0 Å². The highest BCUT2D eigenvalue weighted by atomic mass is 32.1.